The van der Waals surface area contributed by atoms with Crippen molar-refractivity contribution in [3.63, 3.8) is 0 Å². The molecule has 2 aliphatic rings. The number of nitrogens with one attached hydrogen (secondary N) is 1. The molecular weight excluding hydrogens is 521 g/mol. The lowest BCUT2D eigenvalue weighted by atomic mass is 9.72. The summed E-state index contributed by atoms with van der Waals surface area (Å²) in [5, 5.41) is 3.56. The lowest BCUT2D eigenvalue weighted by Crippen LogP contribution is -2.55. The molecule has 0 spiro atoms. The highest BCUT2D eigenvalue weighted by molar-refractivity contribution is 9.10. The number of ether oxygens (including phenoxy) is 1. The van der Waals surface area contributed by atoms with Crippen molar-refractivity contribution in [1.82, 2.24) is 4.90 Å². The van der Waals surface area contributed by atoms with E-state index >= 15 is 0 Å². The first kappa shape index (κ1) is 25.9. The third kappa shape index (κ3) is 5.95. The Hall–Kier alpha value is -2.23. The van der Waals surface area contributed by atoms with Crippen LogP contribution >= 0.6 is 15.9 Å². The maximum atomic E-state index is 12.9. The fourth-order valence-electron chi connectivity index (χ4n) is 5.34. The van der Waals surface area contributed by atoms with Crippen LogP contribution in [-0.2, 0) is 6.42 Å². The van der Waals surface area contributed by atoms with Gasteiger partial charge in [-0.2, -0.15) is 0 Å². The molecule has 1 saturated carbocycles. The minimum atomic E-state index is -4.75. The topological polar surface area (TPSA) is 76.5 Å². The molecule has 0 bridgehead atoms. The predicted octanol–water partition coefficient (Wildman–Crippen LogP) is 5.71. The molecule has 0 radical (unpaired) electrons. The Balaban J connectivity index is 1.44. The highest BCUT2D eigenvalue weighted by atomic mass is 79.9. The van der Waals surface area contributed by atoms with Gasteiger partial charge in [0.15, 0.2) is 0 Å². The van der Waals surface area contributed by atoms with Gasteiger partial charge in [0, 0.05) is 41.6 Å². The predicted molar refractivity (Wildman–Crippen MR) is 137 cm³/mol. The molecule has 0 aromatic heterocycles. The minimum absolute atomic E-state index is 0.199. The first-order chi connectivity index (χ1) is 16.4. The van der Waals surface area contributed by atoms with E-state index in [0.717, 1.165) is 42.6 Å². The average molecular weight is 553 g/mol. The summed E-state index contributed by atoms with van der Waals surface area (Å²) in [5.74, 6) is 0.208. The molecule has 2 unspecified atom stereocenters. The van der Waals surface area contributed by atoms with Crippen molar-refractivity contribution < 1.29 is 17.9 Å². The van der Waals surface area contributed by atoms with E-state index in [0.29, 0.717) is 16.5 Å². The molecule has 4 rings (SSSR count). The third-order valence-corrected chi connectivity index (χ3v) is 7.67. The number of nitrogens with zero attached hydrogens (tertiary/aromatic N) is 1. The lowest BCUT2D eigenvalue weighted by molar-refractivity contribution is -0.274. The number of para-hydroxylation sites is 1. The van der Waals surface area contributed by atoms with E-state index in [4.69, 9.17) is 11.5 Å². The van der Waals surface area contributed by atoms with Crippen LogP contribution in [0.4, 0.5) is 18.9 Å². The Bertz CT molecular complexity index is 1080. The van der Waals surface area contributed by atoms with E-state index in [-0.39, 0.29) is 23.6 Å². The quantitative estimate of drug-likeness (QED) is 0.428. The summed E-state index contributed by atoms with van der Waals surface area (Å²) in [6.45, 7) is 0. The van der Waals surface area contributed by atoms with Crippen molar-refractivity contribution in [2.24, 2.45) is 23.3 Å². The van der Waals surface area contributed by atoms with Crippen LogP contribution in [0.25, 0.3) is 5.70 Å². The van der Waals surface area contributed by atoms with E-state index < -0.39 is 12.0 Å². The second-order valence-electron chi connectivity index (χ2n) is 9.81. The van der Waals surface area contributed by atoms with Gasteiger partial charge in [-0.05, 0) is 73.8 Å². The molecule has 190 valence electrons. The molecule has 2 aromatic carbocycles. The van der Waals surface area contributed by atoms with Gasteiger partial charge in [-0.1, -0.05) is 40.2 Å². The summed E-state index contributed by atoms with van der Waals surface area (Å²) in [6, 6.07) is 12.6. The van der Waals surface area contributed by atoms with Crippen LogP contribution in [0.5, 0.6) is 5.75 Å². The van der Waals surface area contributed by atoms with Crippen LogP contribution < -0.4 is 21.5 Å². The van der Waals surface area contributed by atoms with Crippen LogP contribution in [0.15, 0.2) is 53.0 Å². The Morgan fingerprint density at radius 1 is 1.14 bits per heavy atom. The molecule has 1 heterocycles. The second-order valence-corrected chi connectivity index (χ2v) is 10.7. The highest BCUT2D eigenvalue weighted by Gasteiger charge is 2.40. The van der Waals surface area contributed by atoms with Gasteiger partial charge in [0.1, 0.15) is 11.4 Å². The van der Waals surface area contributed by atoms with E-state index in [9.17, 15) is 13.2 Å². The molecule has 5 N–H and O–H groups in total. The molecule has 0 amide bonds. The van der Waals surface area contributed by atoms with Crippen LogP contribution in [-0.4, -0.2) is 37.1 Å². The van der Waals surface area contributed by atoms with E-state index in [1.54, 1.807) is 12.1 Å². The van der Waals surface area contributed by atoms with Crippen LogP contribution in [0.1, 0.15) is 36.8 Å². The molecule has 2 atom stereocenters. The van der Waals surface area contributed by atoms with E-state index in [2.05, 4.69) is 43.0 Å². The summed E-state index contributed by atoms with van der Waals surface area (Å²) in [5.41, 5.74) is 16.5. The molecule has 0 saturated heterocycles. The first-order valence-corrected chi connectivity index (χ1v) is 12.6. The smallest absolute Gasteiger partial charge is 0.405 e. The SMILES string of the molecule is CN(C)C1=CC(N)(C2CCC(C(N)Cc3ccc(Br)cc3OC(F)(F)F)CC2)Nc2ccccc21. The summed E-state index contributed by atoms with van der Waals surface area (Å²) in [4.78, 5) is 2.08. The molecule has 1 fully saturated rings. The van der Waals surface area contributed by atoms with Crippen molar-refractivity contribution in [2.45, 2.75) is 50.2 Å². The largest absolute Gasteiger partial charge is 0.573 e. The minimum Gasteiger partial charge on any atom is -0.405 e. The number of anilines is 1. The monoisotopic (exact) mass is 552 g/mol. The second kappa shape index (κ2) is 10.0. The Morgan fingerprint density at radius 2 is 1.83 bits per heavy atom. The van der Waals surface area contributed by atoms with Crippen molar-refractivity contribution >= 4 is 27.3 Å². The number of nitrogens with two attached hydrogens (primary N) is 2. The lowest BCUT2D eigenvalue weighted by Gasteiger charge is -2.45. The summed E-state index contributed by atoms with van der Waals surface area (Å²) < 4.78 is 43.4. The molecule has 5 nitrogen and oxygen atoms in total. The van der Waals surface area contributed by atoms with E-state index in [1.807, 2.05) is 32.3 Å². The molecule has 35 heavy (non-hydrogen) atoms. The van der Waals surface area contributed by atoms with Gasteiger partial charge in [-0.3, -0.25) is 0 Å². The number of benzene rings is 2. The summed E-state index contributed by atoms with van der Waals surface area (Å²) in [7, 11) is 4.03. The Kier molecular flexibility index (Phi) is 7.41. The molecule has 9 heteroatoms. The van der Waals surface area contributed by atoms with Gasteiger partial charge in [0.2, 0.25) is 0 Å². The fraction of sp³-hybridized carbons (Fsp3) is 0.462. The zero-order valence-corrected chi connectivity index (χ0v) is 21.5. The van der Waals surface area contributed by atoms with Gasteiger partial charge in [-0.25, -0.2) is 0 Å². The van der Waals surface area contributed by atoms with Crippen molar-refractivity contribution in [1.29, 1.82) is 0 Å². The van der Waals surface area contributed by atoms with Gasteiger partial charge in [-0.15, -0.1) is 13.2 Å². The number of rotatable bonds is 6. The van der Waals surface area contributed by atoms with Gasteiger partial charge >= 0.3 is 6.36 Å². The molecule has 1 aliphatic carbocycles. The summed E-state index contributed by atoms with van der Waals surface area (Å²) >= 11 is 3.22. The Morgan fingerprint density at radius 3 is 2.49 bits per heavy atom. The third-order valence-electron chi connectivity index (χ3n) is 7.17. The number of hydrogen-bond acceptors (Lipinski definition) is 5. The fourth-order valence-corrected chi connectivity index (χ4v) is 5.68. The maximum absolute atomic E-state index is 12.9. The normalized spacial score (nSPS) is 25.2. The van der Waals surface area contributed by atoms with Gasteiger partial charge in [0.05, 0.1) is 0 Å². The number of fused-ring (bicyclic) bond motifs is 1. The number of halogens is 4. The van der Waals surface area contributed by atoms with E-state index in [1.165, 1.54) is 6.07 Å². The molecule has 1 aliphatic heterocycles. The number of hydrogen-bond donors (Lipinski definition) is 3. The van der Waals surface area contributed by atoms with Crippen LogP contribution in [0.3, 0.4) is 0 Å². The molecular formula is C26H32BrF3N4O. The van der Waals surface area contributed by atoms with Gasteiger partial charge < -0.3 is 26.4 Å². The first-order valence-electron chi connectivity index (χ1n) is 11.8. The van der Waals surface area contributed by atoms with Crippen LogP contribution in [0, 0.1) is 11.8 Å². The average Bonchev–Trinajstić information content (AvgIpc) is 2.79. The number of alkyl halides is 3. The highest BCUT2D eigenvalue weighted by Crippen LogP contribution is 2.42. The zero-order valence-electron chi connectivity index (χ0n) is 19.9. The van der Waals surface area contributed by atoms with Gasteiger partial charge in [0.25, 0.3) is 0 Å². The van der Waals surface area contributed by atoms with Crippen molar-refractivity contribution in [3.05, 3.63) is 64.1 Å². The zero-order chi connectivity index (χ0) is 25.4. The maximum Gasteiger partial charge on any atom is 0.573 e. The molecule has 2 aromatic rings. The Labute approximate surface area is 212 Å². The standard InChI is InChI=1S/C26H32BrF3N4O/c1-34(2)23-15-25(32,33-22-6-4-3-5-20(22)23)18-10-7-16(8-11-18)21(31)13-17-9-12-19(27)14-24(17)35-26(28,29)30/h3-6,9,12,14-16,18,21,33H,7-8,10-11,13,31-32H2,1-2H3. The summed E-state index contributed by atoms with van der Waals surface area (Å²) in [6.07, 6.45) is 1.19. The van der Waals surface area contributed by atoms with Crippen molar-refractivity contribution in [2.75, 3.05) is 19.4 Å². The van der Waals surface area contributed by atoms with Crippen LogP contribution in [0.2, 0.25) is 0 Å². The van der Waals surface area contributed by atoms with Crippen molar-refractivity contribution in [3.8, 4) is 5.75 Å².